The van der Waals surface area contributed by atoms with Gasteiger partial charge >= 0.3 is 5.97 Å². The van der Waals surface area contributed by atoms with Crippen LogP contribution in [0.4, 0.5) is 4.39 Å². The quantitative estimate of drug-likeness (QED) is 0.639. The normalized spacial score (nSPS) is 9.94. The zero-order valence-corrected chi connectivity index (χ0v) is 8.76. The lowest BCUT2D eigenvalue weighted by Crippen LogP contribution is -2.10. The van der Waals surface area contributed by atoms with Gasteiger partial charge in [0.25, 0.3) is 0 Å². The molecule has 17 heavy (non-hydrogen) atoms. The molecule has 0 radical (unpaired) electrons. The third-order valence-corrected chi connectivity index (χ3v) is 2.16. The van der Waals surface area contributed by atoms with Crippen LogP contribution in [0.15, 0.2) is 48.5 Å². The molecule has 0 atom stereocenters. The molecule has 0 aromatic heterocycles. The Bertz CT molecular complexity index is 552. The van der Waals surface area contributed by atoms with Gasteiger partial charge in [0.05, 0.1) is 5.56 Å². The second-order valence-corrected chi connectivity index (χ2v) is 3.34. The molecule has 0 bridgehead atoms. The Morgan fingerprint density at radius 3 is 2.41 bits per heavy atom. The summed E-state index contributed by atoms with van der Waals surface area (Å²) >= 11 is 0. The van der Waals surface area contributed by atoms with Gasteiger partial charge in [-0.3, -0.25) is 0 Å². The number of phenolic OH excluding ortho intramolecular Hbond substituents is 1. The number of halogens is 1. The van der Waals surface area contributed by atoms with Gasteiger partial charge in [-0.15, -0.1) is 0 Å². The van der Waals surface area contributed by atoms with E-state index in [1.165, 1.54) is 36.4 Å². The number of hydrogen-bond donors (Lipinski definition) is 1. The van der Waals surface area contributed by atoms with Crippen LogP contribution in [0.5, 0.6) is 11.5 Å². The van der Waals surface area contributed by atoms with Crippen molar-refractivity contribution in [2.45, 2.75) is 0 Å². The second-order valence-electron chi connectivity index (χ2n) is 3.34. The summed E-state index contributed by atoms with van der Waals surface area (Å²) in [5, 5.41) is 9.40. The Labute approximate surface area is 97.1 Å². The third kappa shape index (κ3) is 2.42. The van der Waals surface area contributed by atoms with Gasteiger partial charge in [-0.25, -0.2) is 9.18 Å². The Balaban J connectivity index is 2.24. The first-order valence-electron chi connectivity index (χ1n) is 4.93. The molecular weight excluding hydrogens is 223 g/mol. The maximum Gasteiger partial charge on any atom is 0.346 e. The van der Waals surface area contributed by atoms with E-state index in [1.807, 2.05) is 0 Å². The van der Waals surface area contributed by atoms with Crippen LogP contribution < -0.4 is 4.74 Å². The molecule has 0 aliphatic heterocycles. The van der Waals surface area contributed by atoms with Crippen LogP contribution in [0.3, 0.4) is 0 Å². The monoisotopic (exact) mass is 232 g/mol. The van der Waals surface area contributed by atoms with Gasteiger partial charge < -0.3 is 9.84 Å². The number of rotatable bonds is 2. The largest absolute Gasteiger partial charge is 0.504 e. The van der Waals surface area contributed by atoms with Gasteiger partial charge in [-0.2, -0.15) is 0 Å². The Kier molecular flexibility index (Phi) is 3.05. The van der Waals surface area contributed by atoms with Gasteiger partial charge in [0.15, 0.2) is 11.5 Å². The van der Waals surface area contributed by atoms with Gasteiger partial charge in [-0.05, 0) is 24.3 Å². The van der Waals surface area contributed by atoms with Crippen LogP contribution in [-0.2, 0) is 0 Å². The van der Waals surface area contributed by atoms with Gasteiger partial charge in [0.1, 0.15) is 5.82 Å². The molecule has 1 N–H and O–H groups in total. The first-order valence-corrected chi connectivity index (χ1v) is 4.93. The van der Waals surface area contributed by atoms with Crippen LogP contribution in [0.1, 0.15) is 10.4 Å². The Morgan fingerprint density at radius 1 is 1.06 bits per heavy atom. The molecule has 0 saturated carbocycles. The van der Waals surface area contributed by atoms with E-state index in [9.17, 15) is 14.3 Å². The maximum atomic E-state index is 13.3. The summed E-state index contributed by atoms with van der Waals surface area (Å²) in [5.74, 6) is -1.67. The molecule has 2 rings (SSSR count). The van der Waals surface area contributed by atoms with Gasteiger partial charge in [0, 0.05) is 0 Å². The molecule has 0 heterocycles. The summed E-state index contributed by atoms with van der Waals surface area (Å²) in [4.78, 5) is 11.6. The summed E-state index contributed by atoms with van der Waals surface area (Å²) < 4.78 is 18.2. The lowest BCUT2D eigenvalue weighted by Gasteiger charge is -2.06. The highest BCUT2D eigenvalue weighted by molar-refractivity contribution is 5.91. The van der Waals surface area contributed by atoms with Crippen molar-refractivity contribution < 1.29 is 19.0 Å². The minimum atomic E-state index is -0.843. The van der Waals surface area contributed by atoms with Crippen LogP contribution in [-0.4, -0.2) is 11.1 Å². The summed E-state index contributed by atoms with van der Waals surface area (Å²) in [6.07, 6.45) is 0. The van der Waals surface area contributed by atoms with Crippen molar-refractivity contribution >= 4 is 5.97 Å². The van der Waals surface area contributed by atoms with E-state index in [2.05, 4.69) is 0 Å². The number of hydrogen-bond acceptors (Lipinski definition) is 3. The predicted octanol–water partition coefficient (Wildman–Crippen LogP) is 2.75. The molecule has 0 aliphatic carbocycles. The zero-order chi connectivity index (χ0) is 12.3. The molecule has 0 fully saturated rings. The van der Waals surface area contributed by atoms with Crippen molar-refractivity contribution in [2.24, 2.45) is 0 Å². The molecule has 0 unspecified atom stereocenters. The van der Waals surface area contributed by atoms with Crippen molar-refractivity contribution in [3.63, 3.8) is 0 Å². The molecule has 2 aromatic rings. The average molecular weight is 232 g/mol. The van der Waals surface area contributed by atoms with Gasteiger partial charge in [-0.1, -0.05) is 24.3 Å². The van der Waals surface area contributed by atoms with Crippen molar-refractivity contribution in [2.75, 3.05) is 0 Å². The molecule has 0 spiro atoms. The van der Waals surface area contributed by atoms with Crippen LogP contribution in [0.2, 0.25) is 0 Å². The minimum absolute atomic E-state index is 0.000697. The highest BCUT2D eigenvalue weighted by Gasteiger charge is 2.14. The van der Waals surface area contributed by atoms with Crippen molar-refractivity contribution in [1.29, 1.82) is 0 Å². The second kappa shape index (κ2) is 4.65. The van der Waals surface area contributed by atoms with E-state index in [4.69, 9.17) is 4.74 Å². The fraction of sp³-hybridized carbons (Fsp3) is 0. The first kappa shape index (κ1) is 11.1. The summed E-state index contributed by atoms with van der Waals surface area (Å²) in [6.45, 7) is 0. The van der Waals surface area contributed by atoms with E-state index in [0.29, 0.717) is 0 Å². The number of para-hydroxylation sites is 2. The van der Waals surface area contributed by atoms with Crippen LogP contribution in [0, 0.1) is 5.82 Å². The Hall–Kier alpha value is -2.36. The van der Waals surface area contributed by atoms with Gasteiger partial charge in [0.2, 0.25) is 0 Å². The molecule has 3 nitrogen and oxygen atoms in total. The highest BCUT2D eigenvalue weighted by Crippen LogP contribution is 2.25. The zero-order valence-electron chi connectivity index (χ0n) is 8.76. The fourth-order valence-electron chi connectivity index (χ4n) is 1.33. The molecule has 86 valence electrons. The minimum Gasteiger partial charge on any atom is -0.504 e. The van der Waals surface area contributed by atoms with E-state index in [0.717, 1.165) is 0 Å². The number of carbonyl (C=O) groups excluding carboxylic acids is 1. The van der Waals surface area contributed by atoms with Crippen molar-refractivity contribution in [3.8, 4) is 11.5 Å². The van der Waals surface area contributed by atoms with Crippen molar-refractivity contribution in [3.05, 3.63) is 59.9 Å². The number of carbonyl (C=O) groups is 1. The molecule has 2 aromatic carbocycles. The number of benzene rings is 2. The highest BCUT2D eigenvalue weighted by atomic mass is 19.1. The third-order valence-electron chi connectivity index (χ3n) is 2.16. The maximum absolute atomic E-state index is 13.3. The van der Waals surface area contributed by atoms with Crippen LogP contribution in [0.25, 0.3) is 0 Å². The van der Waals surface area contributed by atoms with E-state index in [-0.39, 0.29) is 17.1 Å². The summed E-state index contributed by atoms with van der Waals surface area (Å²) in [7, 11) is 0. The molecule has 0 amide bonds. The topological polar surface area (TPSA) is 46.5 Å². The SMILES string of the molecule is O=C(Oc1ccccc1O)c1ccccc1F. The first-order chi connectivity index (χ1) is 8.18. The molecule has 4 heteroatoms. The van der Waals surface area contributed by atoms with Crippen molar-refractivity contribution in [1.82, 2.24) is 0 Å². The van der Waals surface area contributed by atoms with E-state index in [1.54, 1.807) is 12.1 Å². The number of ether oxygens (including phenoxy) is 1. The molecular formula is C13H9FO3. The van der Waals surface area contributed by atoms with Crippen LogP contribution >= 0.6 is 0 Å². The van der Waals surface area contributed by atoms with E-state index >= 15 is 0 Å². The number of phenols is 1. The fourth-order valence-corrected chi connectivity index (χ4v) is 1.33. The lowest BCUT2D eigenvalue weighted by molar-refractivity contribution is 0.0725. The number of esters is 1. The molecule has 0 saturated heterocycles. The average Bonchev–Trinajstić information content (AvgIpc) is 2.32. The molecule has 0 aliphatic rings. The standard InChI is InChI=1S/C13H9FO3/c14-10-6-2-1-5-9(10)13(16)17-12-8-4-3-7-11(12)15/h1-8,15H. The Morgan fingerprint density at radius 2 is 1.71 bits per heavy atom. The summed E-state index contributed by atoms with van der Waals surface area (Å²) in [5.41, 5.74) is -0.171. The predicted molar refractivity (Wildman–Crippen MR) is 59.5 cm³/mol. The lowest BCUT2D eigenvalue weighted by atomic mass is 10.2. The summed E-state index contributed by atoms with van der Waals surface area (Å²) in [6, 6.07) is 11.5. The smallest absolute Gasteiger partial charge is 0.346 e. The number of aromatic hydroxyl groups is 1. The van der Waals surface area contributed by atoms with E-state index < -0.39 is 11.8 Å².